The van der Waals surface area contributed by atoms with Gasteiger partial charge in [-0.3, -0.25) is 4.72 Å². The Morgan fingerprint density at radius 2 is 1.31 bits per heavy atom. The number of hydrogen-bond acceptors (Lipinski definition) is 8. The maximum atomic E-state index is 14.2. The van der Waals surface area contributed by atoms with Crippen LogP contribution in [0.15, 0.2) is 133 Å². The molecule has 256 valence electrons. The van der Waals surface area contributed by atoms with Gasteiger partial charge in [0.15, 0.2) is 7.14 Å². The molecule has 0 aliphatic carbocycles. The molecule has 0 heterocycles. The quantitative estimate of drug-likeness (QED) is 0.0803. The Labute approximate surface area is 288 Å². The predicted octanol–water partition coefficient (Wildman–Crippen LogP) is 5.56. The number of aliphatic hydroxyl groups excluding tert-OH is 1. The highest BCUT2D eigenvalue weighted by Gasteiger charge is 2.28. The van der Waals surface area contributed by atoms with Crippen molar-refractivity contribution >= 4 is 33.5 Å². The minimum atomic E-state index is -3.56. The van der Waals surface area contributed by atoms with Crippen LogP contribution in [0.1, 0.15) is 11.1 Å². The molecule has 0 radical (unpaired) electrons. The van der Waals surface area contributed by atoms with Crippen molar-refractivity contribution in [2.24, 2.45) is 0 Å². The molecule has 3 N–H and O–H groups in total. The fraction of sp³-hybridized carbons (Fsp3) is 0.211. The molecule has 5 rings (SSSR count). The van der Waals surface area contributed by atoms with Crippen LogP contribution in [-0.4, -0.2) is 51.9 Å². The molecular formula is C38H41N2O7PS. The summed E-state index contributed by atoms with van der Waals surface area (Å²) in [7, 11) is -6.55. The van der Waals surface area contributed by atoms with Crippen LogP contribution in [0.3, 0.4) is 0 Å². The summed E-state index contributed by atoms with van der Waals surface area (Å²) in [5, 5.41) is 15.2. The molecule has 0 aliphatic heterocycles. The van der Waals surface area contributed by atoms with Gasteiger partial charge in [-0.25, -0.2) is 8.42 Å². The van der Waals surface area contributed by atoms with E-state index >= 15 is 0 Å². The van der Waals surface area contributed by atoms with Crippen LogP contribution in [0.25, 0.3) is 0 Å². The van der Waals surface area contributed by atoms with Gasteiger partial charge in [-0.05, 0) is 48.4 Å². The van der Waals surface area contributed by atoms with E-state index in [9.17, 15) is 18.1 Å². The zero-order chi connectivity index (χ0) is 34.5. The molecule has 0 unspecified atom stereocenters. The van der Waals surface area contributed by atoms with Crippen LogP contribution in [0, 0.1) is 0 Å². The monoisotopic (exact) mass is 700 g/mol. The second kappa shape index (κ2) is 17.2. The van der Waals surface area contributed by atoms with Gasteiger partial charge in [-0.2, -0.15) is 0 Å². The molecular weight excluding hydrogens is 659 g/mol. The van der Waals surface area contributed by atoms with E-state index in [1.165, 1.54) is 6.07 Å². The van der Waals surface area contributed by atoms with Crippen LogP contribution < -0.4 is 34.9 Å². The van der Waals surface area contributed by atoms with Crippen molar-refractivity contribution in [3.8, 4) is 17.2 Å². The molecule has 0 amide bonds. The normalized spacial score (nSPS) is 12.2. The van der Waals surface area contributed by atoms with Crippen molar-refractivity contribution in [3.05, 3.63) is 145 Å². The standard InChI is InChI=1S/C38H41N2O7PS/c1-49(43,44)40-37-25-34(21-22-38(37)46-27-31-11-5-2-6-12-31)45-28-32(41)26-39-24-23-30-17-19-33(20-18-30)47-29-48(42,35-13-7-3-8-14-35)36-15-9-4-10-16-36/h2-22,25,32,39-41H,23-24,26-29H2,1H3/t32-/m0/s1. The number of sulfonamides is 1. The number of benzene rings is 5. The average molecular weight is 701 g/mol. The molecule has 49 heavy (non-hydrogen) atoms. The number of anilines is 1. The lowest BCUT2D eigenvalue weighted by Crippen LogP contribution is -2.32. The van der Waals surface area contributed by atoms with Gasteiger partial charge in [-0.1, -0.05) is 103 Å². The Kier molecular flexibility index (Phi) is 12.5. The van der Waals surface area contributed by atoms with Gasteiger partial charge in [0.1, 0.15) is 42.9 Å². The number of rotatable bonds is 18. The molecule has 0 saturated carbocycles. The summed E-state index contributed by atoms with van der Waals surface area (Å²) in [6.07, 6.45) is 1.06. The van der Waals surface area contributed by atoms with Crippen molar-refractivity contribution < 1.29 is 32.3 Å². The summed E-state index contributed by atoms with van der Waals surface area (Å²) < 4.78 is 58.2. The van der Waals surface area contributed by atoms with Gasteiger partial charge in [0, 0.05) is 23.2 Å². The number of nitrogens with one attached hydrogen (secondary N) is 2. The Hall–Kier alpha value is -4.60. The zero-order valence-electron chi connectivity index (χ0n) is 27.3. The predicted molar refractivity (Wildman–Crippen MR) is 195 cm³/mol. The molecule has 0 bridgehead atoms. The highest BCUT2D eigenvalue weighted by atomic mass is 32.2. The highest BCUT2D eigenvalue weighted by Crippen LogP contribution is 2.43. The maximum absolute atomic E-state index is 14.2. The second-order valence-corrected chi connectivity index (χ2v) is 16.1. The molecule has 0 aromatic heterocycles. The Bertz CT molecular complexity index is 1870. The molecule has 0 fully saturated rings. The molecule has 1 atom stereocenters. The zero-order valence-corrected chi connectivity index (χ0v) is 29.0. The first-order valence-electron chi connectivity index (χ1n) is 15.9. The lowest BCUT2D eigenvalue weighted by atomic mass is 10.1. The van der Waals surface area contributed by atoms with Crippen molar-refractivity contribution in [3.63, 3.8) is 0 Å². The first-order valence-corrected chi connectivity index (χ1v) is 19.7. The third-order valence-electron chi connectivity index (χ3n) is 7.58. The van der Waals surface area contributed by atoms with E-state index in [1.807, 2.05) is 115 Å². The van der Waals surface area contributed by atoms with Gasteiger partial charge < -0.3 is 29.2 Å². The molecule has 11 heteroatoms. The van der Waals surface area contributed by atoms with E-state index in [0.29, 0.717) is 30.3 Å². The second-order valence-electron chi connectivity index (χ2n) is 11.6. The minimum Gasteiger partial charge on any atom is -0.491 e. The summed E-state index contributed by atoms with van der Waals surface area (Å²) in [5.41, 5.74) is 2.28. The summed E-state index contributed by atoms with van der Waals surface area (Å²) in [5.74, 6) is 1.40. The summed E-state index contributed by atoms with van der Waals surface area (Å²) in [6, 6.07) is 41.0. The van der Waals surface area contributed by atoms with Crippen LogP contribution in [-0.2, 0) is 27.6 Å². The van der Waals surface area contributed by atoms with Gasteiger partial charge in [0.05, 0.1) is 11.9 Å². The van der Waals surface area contributed by atoms with Gasteiger partial charge in [0.25, 0.3) is 0 Å². The lowest BCUT2D eigenvalue weighted by Gasteiger charge is -2.20. The molecule has 5 aromatic rings. The van der Waals surface area contributed by atoms with Gasteiger partial charge in [0.2, 0.25) is 10.0 Å². The SMILES string of the molecule is CS(=O)(=O)Nc1cc(OC[C@@H](O)CNCCc2ccc(OCP(=O)(c3ccccc3)c3ccccc3)cc2)ccc1OCc1ccccc1. The fourth-order valence-corrected chi connectivity index (χ4v) is 7.84. The Morgan fingerprint density at radius 1 is 0.714 bits per heavy atom. The molecule has 0 spiro atoms. The number of aliphatic hydroxyl groups is 1. The minimum absolute atomic E-state index is 0.0113. The molecule has 5 aromatic carbocycles. The Morgan fingerprint density at radius 3 is 1.92 bits per heavy atom. The van der Waals surface area contributed by atoms with Crippen molar-refractivity contribution in [2.45, 2.75) is 19.1 Å². The van der Waals surface area contributed by atoms with E-state index in [0.717, 1.165) is 34.4 Å². The van der Waals surface area contributed by atoms with Gasteiger partial charge in [-0.15, -0.1) is 0 Å². The van der Waals surface area contributed by atoms with E-state index in [-0.39, 0.29) is 25.2 Å². The number of ether oxygens (including phenoxy) is 3. The molecule has 9 nitrogen and oxygen atoms in total. The van der Waals surface area contributed by atoms with Crippen molar-refractivity contribution in [2.75, 3.05) is 37.0 Å². The highest BCUT2D eigenvalue weighted by molar-refractivity contribution is 7.92. The summed E-state index contributed by atoms with van der Waals surface area (Å²) in [6.45, 7) is 1.22. The fourth-order valence-electron chi connectivity index (χ4n) is 5.05. The molecule has 0 saturated heterocycles. The van der Waals surface area contributed by atoms with E-state index in [1.54, 1.807) is 12.1 Å². The average Bonchev–Trinajstić information content (AvgIpc) is 3.12. The molecule has 0 aliphatic rings. The number of hydrogen-bond donors (Lipinski definition) is 3. The third-order valence-corrected chi connectivity index (χ3v) is 10.9. The van der Waals surface area contributed by atoms with E-state index in [4.69, 9.17) is 14.2 Å². The maximum Gasteiger partial charge on any atom is 0.229 e. The largest absolute Gasteiger partial charge is 0.491 e. The van der Waals surface area contributed by atoms with E-state index < -0.39 is 23.3 Å². The van der Waals surface area contributed by atoms with Gasteiger partial charge >= 0.3 is 0 Å². The first-order chi connectivity index (χ1) is 23.7. The summed E-state index contributed by atoms with van der Waals surface area (Å²) in [4.78, 5) is 0. The lowest BCUT2D eigenvalue weighted by molar-refractivity contribution is 0.106. The van der Waals surface area contributed by atoms with Crippen LogP contribution >= 0.6 is 7.14 Å². The topological polar surface area (TPSA) is 123 Å². The van der Waals surface area contributed by atoms with Crippen LogP contribution in [0.4, 0.5) is 5.69 Å². The van der Waals surface area contributed by atoms with Crippen molar-refractivity contribution in [1.29, 1.82) is 0 Å². The summed E-state index contributed by atoms with van der Waals surface area (Å²) >= 11 is 0. The third kappa shape index (κ3) is 11.0. The van der Waals surface area contributed by atoms with Crippen LogP contribution in [0.5, 0.6) is 17.2 Å². The van der Waals surface area contributed by atoms with Crippen LogP contribution in [0.2, 0.25) is 0 Å². The Balaban J connectivity index is 1.06. The van der Waals surface area contributed by atoms with E-state index in [2.05, 4.69) is 10.0 Å². The van der Waals surface area contributed by atoms with Crippen molar-refractivity contribution in [1.82, 2.24) is 5.32 Å². The smallest absolute Gasteiger partial charge is 0.229 e. The first kappa shape index (κ1) is 35.7.